The van der Waals surface area contributed by atoms with E-state index in [-0.39, 0.29) is 35.0 Å². The van der Waals surface area contributed by atoms with Gasteiger partial charge in [-0.2, -0.15) is 0 Å². The van der Waals surface area contributed by atoms with Gasteiger partial charge < -0.3 is 14.5 Å². The Labute approximate surface area is 217 Å². The van der Waals surface area contributed by atoms with E-state index in [9.17, 15) is 14.4 Å². The minimum Gasteiger partial charge on any atom is -0.465 e. The first-order valence-electron chi connectivity index (χ1n) is 12.4. The fraction of sp³-hybridized carbons (Fsp3) is 0.345. The van der Waals surface area contributed by atoms with Gasteiger partial charge in [0.15, 0.2) is 5.82 Å². The fourth-order valence-electron chi connectivity index (χ4n) is 4.63. The summed E-state index contributed by atoms with van der Waals surface area (Å²) in [6.45, 7) is 8.68. The van der Waals surface area contributed by atoms with Crippen molar-refractivity contribution in [3.8, 4) is 11.4 Å². The van der Waals surface area contributed by atoms with E-state index in [0.717, 1.165) is 11.1 Å². The third kappa shape index (κ3) is 5.23. The van der Waals surface area contributed by atoms with Gasteiger partial charge >= 0.3 is 5.97 Å². The summed E-state index contributed by atoms with van der Waals surface area (Å²) in [4.78, 5) is 52.6. The van der Waals surface area contributed by atoms with E-state index in [4.69, 9.17) is 4.74 Å². The Morgan fingerprint density at radius 1 is 0.946 bits per heavy atom. The van der Waals surface area contributed by atoms with Gasteiger partial charge in [0.05, 0.1) is 12.8 Å². The molecular weight excluding hydrogens is 468 g/mol. The maximum Gasteiger partial charge on any atom is 0.342 e. The molecule has 0 bridgehead atoms. The van der Waals surface area contributed by atoms with Gasteiger partial charge in [-0.3, -0.25) is 9.59 Å². The van der Waals surface area contributed by atoms with E-state index in [1.165, 1.54) is 7.11 Å². The molecule has 1 aliphatic heterocycles. The van der Waals surface area contributed by atoms with Crippen molar-refractivity contribution < 1.29 is 19.1 Å². The number of aryl methyl sites for hydroxylation is 1. The summed E-state index contributed by atoms with van der Waals surface area (Å²) < 4.78 is 5.04. The van der Waals surface area contributed by atoms with Crippen molar-refractivity contribution >= 4 is 17.8 Å². The molecule has 0 radical (unpaired) electrons. The maximum atomic E-state index is 13.9. The number of esters is 1. The summed E-state index contributed by atoms with van der Waals surface area (Å²) in [6, 6.07) is 16.6. The Balaban J connectivity index is 1.68. The molecule has 0 spiro atoms. The zero-order valence-electron chi connectivity index (χ0n) is 21.9. The molecule has 192 valence electrons. The Hall–Kier alpha value is -4.07. The molecule has 1 unspecified atom stereocenters. The van der Waals surface area contributed by atoms with Crippen molar-refractivity contribution in [2.45, 2.75) is 39.7 Å². The Kier molecular flexibility index (Phi) is 7.66. The standard InChI is InChI=1S/C29H32N4O4/c1-18(2)24-23(29(36)37-5)25(31-26(30-24)21-12-7-6-8-13-21)28(35)32-15-16-33(20(4)17-32)27(34)22-14-10-9-11-19(22)3/h6-14,18,20H,15-17H2,1-5H3. The predicted molar refractivity (Wildman–Crippen MR) is 140 cm³/mol. The van der Waals surface area contributed by atoms with E-state index >= 15 is 0 Å². The third-order valence-corrected chi connectivity index (χ3v) is 6.66. The minimum atomic E-state index is -0.645. The first-order chi connectivity index (χ1) is 17.7. The lowest BCUT2D eigenvalue weighted by Gasteiger charge is -2.40. The van der Waals surface area contributed by atoms with Gasteiger partial charge in [0.2, 0.25) is 0 Å². The van der Waals surface area contributed by atoms with E-state index in [2.05, 4.69) is 9.97 Å². The van der Waals surface area contributed by atoms with Crippen LogP contribution in [0.5, 0.6) is 0 Å². The smallest absolute Gasteiger partial charge is 0.342 e. The van der Waals surface area contributed by atoms with Crippen molar-refractivity contribution in [2.75, 3.05) is 26.7 Å². The number of hydrogen-bond acceptors (Lipinski definition) is 6. The monoisotopic (exact) mass is 500 g/mol. The highest BCUT2D eigenvalue weighted by molar-refractivity contribution is 6.05. The van der Waals surface area contributed by atoms with Gasteiger partial charge in [-0.15, -0.1) is 0 Å². The lowest BCUT2D eigenvalue weighted by Crippen LogP contribution is -2.55. The molecule has 0 aliphatic carbocycles. The first kappa shape index (κ1) is 26.0. The number of carbonyl (C=O) groups excluding carboxylic acids is 3. The molecule has 1 aromatic heterocycles. The van der Waals surface area contributed by atoms with Crippen LogP contribution in [0, 0.1) is 6.92 Å². The highest BCUT2D eigenvalue weighted by Crippen LogP contribution is 2.27. The number of amides is 2. The fourth-order valence-corrected chi connectivity index (χ4v) is 4.63. The number of hydrogen-bond donors (Lipinski definition) is 0. The number of piperazine rings is 1. The van der Waals surface area contributed by atoms with Crippen LogP contribution in [0.1, 0.15) is 69.2 Å². The summed E-state index contributed by atoms with van der Waals surface area (Å²) in [7, 11) is 1.28. The first-order valence-corrected chi connectivity index (χ1v) is 12.4. The van der Waals surface area contributed by atoms with Crippen molar-refractivity contribution in [1.82, 2.24) is 19.8 Å². The van der Waals surface area contributed by atoms with Gasteiger partial charge in [-0.25, -0.2) is 14.8 Å². The Morgan fingerprint density at radius 3 is 2.24 bits per heavy atom. The topological polar surface area (TPSA) is 92.7 Å². The second-order valence-electron chi connectivity index (χ2n) is 9.58. The van der Waals surface area contributed by atoms with Gasteiger partial charge in [0.25, 0.3) is 11.8 Å². The zero-order chi connectivity index (χ0) is 26.7. The highest BCUT2D eigenvalue weighted by Gasteiger charge is 2.35. The summed E-state index contributed by atoms with van der Waals surface area (Å²) in [5.74, 6) is -0.844. The highest BCUT2D eigenvalue weighted by atomic mass is 16.5. The molecule has 1 atom stereocenters. The minimum absolute atomic E-state index is 0.0234. The van der Waals surface area contributed by atoms with Gasteiger partial charge in [-0.1, -0.05) is 62.4 Å². The van der Waals surface area contributed by atoms with E-state index < -0.39 is 5.97 Å². The molecule has 1 saturated heterocycles. The summed E-state index contributed by atoms with van der Waals surface area (Å²) in [6.07, 6.45) is 0. The van der Waals surface area contributed by atoms with E-state index in [1.54, 1.807) is 9.80 Å². The molecule has 8 nitrogen and oxygen atoms in total. The molecule has 1 aliphatic rings. The van der Waals surface area contributed by atoms with Gasteiger partial charge in [0.1, 0.15) is 11.3 Å². The van der Waals surface area contributed by atoms with Crippen LogP contribution in [0.3, 0.4) is 0 Å². The van der Waals surface area contributed by atoms with Crippen LogP contribution in [0.15, 0.2) is 54.6 Å². The number of benzene rings is 2. The molecule has 8 heteroatoms. The number of aromatic nitrogens is 2. The molecule has 1 fully saturated rings. The second kappa shape index (κ2) is 10.9. The molecule has 2 amide bonds. The van der Waals surface area contributed by atoms with E-state index in [0.29, 0.717) is 36.7 Å². The quantitative estimate of drug-likeness (QED) is 0.484. The number of carbonyl (C=O) groups is 3. The summed E-state index contributed by atoms with van der Waals surface area (Å²) in [5, 5.41) is 0. The zero-order valence-corrected chi connectivity index (χ0v) is 21.9. The molecule has 37 heavy (non-hydrogen) atoms. The van der Waals surface area contributed by atoms with E-state index in [1.807, 2.05) is 82.3 Å². The lowest BCUT2D eigenvalue weighted by atomic mass is 10.00. The molecule has 2 aromatic carbocycles. The van der Waals surface area contributed by atoms with Crippen LogP contribution in [0.2, 0.25) is 0 Å². The predicted octanol–water partition coefficient (Wildman–Crippen LogP) is 4.35. The average Bonchev–Trinajstić information content (AvgIpc) is 2.91. The van der Waals surface area contributed by atoms with Crippen molar-refractivity contribution in [3.63, 3.8) is 0 Å². The second-order valence-corrected chi connectivity index (χ2v) is 9.58. The van der Waals surface area contributed by atoms with Crippen LogP contribution in [-0.4, -0.2) is 70.3 Å². The summed E-state index contributed by atoms with van der Waals surface area (Å²) >= 11 is 0. The van der Waals surface area contributed by atoms with Crippen LogP contribution in [0.25, 0.3) is 11.4 Å². The lowest BCUT2D eigenvalue weighted by molar-refractivity contribution is 0.0407. The largest absolute Gasteiger partial charge is 0.465 e. The number of nitrogens with zero attached hydrogens (tertiary/aromatic N) is 4. The Bertz CT molecular complexity index is 1320. The van der Waals surface area contributed by atoms with Gasteiger partial charge in [-0.05, 0) is 31.4 Å². The van der Waals surface area contributed by atoms with Crippen LogP contribution < -0.4 is 0 Å². The van der Waals surface area contributed by atoms with Crippen LogP contribution in [-0.2, 0) is 4.74 Å². The number of methoxy groups -OCH3 is 1. The third-order valence-electron chi connectivity index (χ3n) is 6.66. The van der Waals surface area contributed by atoms with Crippen molar-refractivity contribution in [3.05, 3.63) is 82.7 Å². The molecule has 0 saturated carbocycles. The number of rotatable bonds is 5. The SMILES string of the molecule is COC(=O)c1c(C(=O)N2CCN(C(=O)c3ccccc3C)C(C)C2)nc(-c2ccccc2)nc1C(C)C. The molecule has 4 rings (SSSR count). The maximum absolute atomic E-state index is 13.9. The summed E-state index contributed by atoms with van der Waals surface area (Å²) in [5.41, 5.74) is 2.90. The van der Waals surface area contributed by atoms with Gasteiger partial charge in [0, 0.05) is 36.8 Å². The van der Waals surface area contributed by atoms with Crippen molar-refractivity contribution in [1.29, 1.82) is 0 Å². The molecule has 3 aromatic rings. The molecule has 2 heterocycles. The average molecular weight is 501 g/mol. The molecule has 0 N–H and O–H groups in total. The Morgan fingerprint density at radius 2 is 1.62 bits per heavy atom. The molecular formula is C29H32N4O4. The van der Waals surface area contributed by atoms with Crippen LogP contribution in [0.4, 0.5) is 0 Å². The van der Waals surface area contributed by atoms with Crippen LogP contribution >= 0.6 is 0 Å². The normalized spacial score (nSPS) is 15.6. The van der Waals surface area contributed by atoms with Crippen molar-refractivity contribution in [2.24, 2.45) is 0 Å². The number of ether oxygens (including phenoxy) is 1.